The van der Waals surface area contributed by atoms with Crippen molar-refractivity contribution in [3.8, 4) is 0 Å². The predicted molar refractivity (Wildman–Crippen MR) is 88.6 cm³/mol. The minimum atomic E-state index is -4.71. The van der Waals surface area contributed by atoms with E-state index in [2.05, 4.69) is 4.99 Å². The minimum Gasteiger partial charge on any atom is -0.451 e. The van der Waals surface area contributed by atoms with E-state index in [4.69, 9.17) is 4.42 Å². The summed E-state index contributed by atoms with van der Waals surface area (Å²) in [5.74, 6) is -1.66. The Morgan fingerprint density at radius 3 is 2.32 bits per heavy atom. The topological polar surface area (TPSA) is 42.6 Å². The van der Waals surface area contributed by atoms with Crippen molar-refractivity contribution in [1.82, 2.24) is 0 Å². The highest BCUT2D eigenvalue weighted by molar-refractivity contribution is 6.22. The monoisotopic (exact) mass is 345 g/mol. The second-order valence-corrected chi connectivity index (χ2v) is 5.37. The summed E-state index contributed by atoms with van der Waals surface area (Å²) < 4.78 is 45.7. The predicted octanol–water partition coefficient (Wildman–Crippen LogP) is 5.23. The van der Waals surface area contributed by atoms with Gasteiger partial charge in [0.25, 0.3) is 0 Å². The van der Waals surface area contributed by atoms with Crippen LogP contribution in [0, 0.1) is 0 Å². The van der Waals surface area contributed by atoms with Crippen molar-refractivity contribution in [1.29, 1.82) is 0 Å². The maximum Gasteiger partial charge on any atom is 0.450 e. The molecule has 128 valence electrons. The van der Waals surface area contributed by atoms with Crippen LogP contribution in [0.1, 0.15) is 30.2 Å². The second kappa shape index (κ2) is 6.55. The highest BCUT2D eigenvalue weighted by Gasteiger charge is 2.40. The molecule has 0 aliphatic heterocycles. The summed E-state index contributed by atoms with van der Waals surface area (Å²) in [6.45, 7) is 1.60. The molecule has 0 spiro atoms. The smallest absolute Gasteiger partial charge is 0.450 e. The molecular weight excluding hydrogens is 331 g/mol. The van der Waals surface area contributed by atoms with Gasteiger partial charge in [-0.05, 0) is 6.07 Å². The number of benzene rings is 2. The third-order valence-corrected chi connectivity index (χ3v) is 3.68. The minimum absolute atomic E-state index is 0.0373. The first-order valence-electron chi connectivity index (χ1n) is 7.68. The van der Waals surface area contributed by atoms with E-state index in [0.717, 1.165) is 0 Å². The molecule has 6 heteroatoms. The zero-order valence-electron chi connectivity index (χ0n) is 13.3. The molecule has 25 heavy (non-hydrogen) atoms. The molecule has 0 aliphatic carbocycles. The number of carbonyl (C=O) groups is 1. The molecule has 0 aliphatic rings. The van der Waals surface area contributed by atoms with Gasteiger partial charge in [-0.1, -0.05) is 55.5 Å². The Balaban J connectivity index is 2.37. The van der Waals surface area contributed by atoms with E-state index in [0.29, 0.717) is 5.56 Å². The number of carbonyl (C=O) groups excluding carboxylic acids is 1. The van der Waals surface area contributed by atoms with Crippen LogP contribution < -0.4 is 0 Å². The molecule has 1 amide bonds. The Morgan fingerprint density at radius 2 is 1.68 bits per heavy atom. The molecule has 0 saturated heterocycles. The molecule has 3 nitrogen and oxygen atoms in total. The molecular formula is C19H14F3NO2. The van der Waals surface area contributed by atoms with E-state index in [1.807, 2.05) is 0 Å². The number of nitrogens with zero attached hydrogens (tertiary/aromatic N) is 1. The maximum absolute atomic E-state index is 13.5. The summed E-state index contributed by atoms with van der Waals surface area (Å²) in [5, 5.41) is 0.265. The molecule has 2 aromatic carbocycles. The summed E-state index contributed by atoms with van der Waals surface area (Å²) in [5.41, 5.74) is 0.264. The molecule has 0 radical (unpaired) electrons. The normalized spacial score (nSPS) is 12.6. The largest absolute Gasteiger partial charge is 0.451 e. The van der Waals surface area contributed by atoms with E-state index < -0.39 is 17.8 Å². The van der Waals surface area contributed by atoms with Crippen molar-refractivity contribution in [3.05, 3.63) is 71.5 Å². The molecule has 0 N–H and O–H groups in total. The van der Waals surface area contributed by atoms with Crippen LogP contribution in [0.3, 0.4) is 0 Å². The molecule has 1 heterocycles. The van der Waals surface area contributed by atoms with Crippen LogP contribution in [-0.4, -0.2) is 11.6 Å². The second-order valence-electron chi connectivity index (χ2n) is 5.37. The SMILES string of the molecule is CCC(=O)N=C(c1ccccc1)c1c(C(F)(F)F)oc2ccccc12. The third-order valence-electron chi connectivity index (χ3n) is 3.68. The lowest BCUT2D eigenvalue weighted by molar-refractivity contribution is -0.152. The lowest BCUT2D eigenvalue weighted by Crippen LogP contribution is -2.14. The van der Waals surface area contributed by atoms with E-state index >= 15 is 0 Å². The van der Waals surface area contributed by atoms with Crippen LogP contribution >= 0.6 is 0 Å². The van der Waals surface area contributed by atoms with Crippen LogP contribution in [0.25, 0.3) is 11.0 Å². The van der Waals surface area contributed by atoms with Gasteiger partial charge in [-0.3, -0.25) is 4.79 Å². The summed E-state index contributed by atoms with van der Waals surface area (Å²) in [7, 11) is 0. The van der Waals surface area contributed by atoms with Crippen molar-refractivity contribution in [2.75, 3.05) is 0 Å². The number of halogens is 3. The molecule has 3 rings (SSSR count). The van der Waals surface area contributed by atoms with Crippen LogP contribution in [0.2, 0.25) is 0 Å². The number of hydrogen-bond acceptors (Lipinski definition) is 2. The molecule has 0 unspecified atom stereocenters. The van der Waals surface area contributed by atoms with Gasteiger partial charge in [0.15, 0.2) is 0 Å². The summed E-state index contributed by atoms with van der Waals surface area (Å²) >= 11 is 0. The van der Waals surface area contributed by atoms with Gasteiger partial charge in [-0.25, -0.2) is 4.99 Å². The van der Waals surface area contributed by atoms with E-state index in [-0.39, 0.29) is 28.7 Å². The van der Waals surface area contributed by atoms with Gasteiger partial charge < -0.3 is 4.42 Å². The fourth-order valence-corrected chi connectivity index (χ4v) is 2.54. The lowest BCUT2D eigenvalue weighted by atomic mass is 9.98. The maximum atomic E-state index is 13.5. The first-order valence-corrected chi connectivity index (χ1v) is 7.68. The number of hydrogen-bond donors (Lipinski definition) is 0. The fourth-order valence-electron chi connectivity index (χ4n) is 2.54. The Morgan fingerprint density at radius 1 is 1.04 bits per heavy atom. The van der Waals surface area contributed by atoms with Gasteiger partial charge in [0.1, 0.15) is 5.58 Å². The molecule has 0 bridgehead atoms. The zero-order chi connectivity index (χ0) is 18.0. The third kappa shape index (κ3) is 3.33. The Labute approximate surface area is 141 Å². The highest BCUT2D eigenvalue weighted by atomic mass is 19.4. The standard InChI is InChI=1S/C19H14F3NO2/c1-2-15(24)23-17(12-8-4-3-5-9-12)16-13-10-6-7-11-14(13)25-18(16)19(20,21)22/h3-11H,2H2,1H3. The average molecular weight is 345 g/mol. The van der Waals surface area contributed by atoms with Gasteiger partial charge in [0.05, 0.1) is 11.3 Å². The number of alkyl halides is 3. The number of furan rings is 1. The van der Waals surface area contributed by atoms with Crippen LogP contribution in [0.15, 0.2) is 64.0 Å². The molecule has 1 aromatic heterocycles. The number of rotatable bonds is 3. The van der Waals surface area contributed by atoms with E-state index in [1.165, 1.54) is 12.1 Å². The van der Waals surface area contributed by atoms with E-state index in [9.17, 15) is 18.0 Å². The van der Waals surface area contributed by atoms with Crippen molar-refractivity contribution in [2.45, 2.75) is 19.5 Å². The lowest BCUT2D eigenvalue weighted by Gasteiger charge is -2.10. The Kier molecular flexibility index (Phi) is 4.44. The number of aliphatic imine (C=N–C) groups is 1. The van der Waals surface area contributed by atoms with E-state index in [1.54, 1.807) is 49.4 Å². The van der Waals surface area contributed by atoms with Crippen LogP contribution in [0.4, 0.5) is 13.2 Å². The summed E-state index contributed by atoms with van der Waals surface area (Å²) in [6.07, 6.45) is -4.62. The number of para-hydroxylation sites is 1. The van der Waals surface area contributed by atoms with Gasteiger partial charge in [0, 0.05) is 17.4 Å². The highest BCUT2D eigenvalue weighted by Crippen LogP contribution is 2.39. The first-order chi connectivity index (χ1) is 11.9. The van der Waals surface area contributed by atoms with Gasteiger partial charge in [0.2, 0.25) is 11.7 Å². The van der Waals surface area contributed by atoms with Crippen LogP contribution in [-0.2, 0) is 11.0 Å². The average Bonchev–Trinajstić information content (AvgIpc) is 3.00. The van der Waals surface area contributed by atoms with Gasteiger partial charge in [-0.15, -0.1) is 0 Å². The molecule has 0 fully saturated rings. The Hall–Kier alpha value is -2.89. The number of fused-ring (bicyclic) bond motifs is 1. The first kappa shape index (κ1) is 17.0. The Bertz CT molecular complexity index is 940. The number of amides is 1. The molecule has 3 aromatic rings. The van der Waals surface area contributed by atoms with Crippen LogP contribution in [0.5, 0.6) is 0 Å². The van der Waals surface area contributed by atoms with Crippen molar-refractivity contribution < 1.29 is 22.4 Å². The van der Waals surface area contributed by atoms with Crippen molar-refractivity contribution in [3.63, 3.8) is 0 Å². The fraction of sp³-hybridized carbons (Fsp3) is 0.158. The molecule has 0 atom stereocenters. The summed E-state index contributed by atoms with van der Waals surface area (Å²) in [4.78, 5) is 15.8. The summed E-state index contributed by atoms with van der Waals surface area (Å²) in [6, 6.07) is 14.5. The van der Waals surface area contributed by atoms with Crippen molar-refractivity contribution in [2.24, 2.45) is 4.99 Å². The zero-order valence-corrected chi connectivity index (χ0v) is 13.3. The quantitative estimate of drug-likeness (QED) is 0.610. The van der Waals surface area contributed by atoms with Crippen molar-refractivity contribution >= 4 is 22.6 Å². The van der Waals surface area contributed by atoms with Gasteiger partial charge in [-0.2, -0.15) is 13.2 Å². The van der Waals surface area contributed by atoms with Gasteiger partial charge >= 0.3 is 6.18 Å². The molecule has 0 saturated carbocycles.